The molecule has 1 heterocycles. The van der Waals surface area contributed by atoms with Crippen molar-refractivity contribution < 1.29 is 9.53 Å². The van der Waals surface area contributed by atoms with Crippen LogP contribution in [0.1, 0.15) is 32.1 Å². The summed E-state index contributed by atoms with van der Waals surface area (Å²) >= 11 is 0. The standard InChI is InChI=1S/C14H27N3O2/c1-16-7-9-17(10-8-16)13(18)11-19-14(12-15)5-3-2-4-6-14/h2-12,15H2,1H3. The van der Waals surface area contributed by atoms with Crippen LogP contribution in [0.25, 0.3) is 0 Å². The average molecular weight is 269 g/mol. The quantitative estimate of drug-likeness (QED) is 0.804. The van der Waals surface area contributed by atoms with Gasteiger partial charge in [-0.15, -0.1) is 0 Å². The number of nitrogens with two attached hydrogens (primary N) is 1. The van der Waals surface area contributed by atoms with Gasteiger partial charge in [-0.2, -0.15) is 0 Å². The number of amides is 1. The van der Waals surface area contributed by atoms with Crippen LogP contribution in [-0.4, -0.2) is 67.7 Å². The Morgan fingerprint density at radius 3 is 2.37 bits per heavy atom. The second-order valence-electron chi connectivity index (χ2n) is 5.92. The smallest absolute Gasteiger partial charge is 0.248 e. The van der Waals surface area contributed by atoms with E-state index in [9.17, 15) is 4.79 Å². The van der Waals surface area contributed by atoms with Crippen LogP contribution in [0, 0.1) is 0 Å². The summed E-state index contributed by atoms with van der Waals surface area (Å²) in [5.74, 6) is 0.117. The van der Waals surface area contributed by atoms with Gasteiger partial charge in [0.15, 0.2) is 0 Å². The molecule has 1 saturated carbocycles. The van der Waals surface area contributed by atoms with Gasteiger partial charge in [-0.05, 0) is 19.9 Å². The van der Waals surface area contributed by atoms with Crippen LogP contribution in [0.2, 0.25) is 0 Å². The molecule has 1 amide bonds. The number of nitrogens with zero attached hydrogens (tertiary/aromatic N) is 2. The molecule has 0 spiro atoms. The summed E-state index contributed by atoms with van der Waals surface area (Å²) < 4.78 is 5.93. The second-order valence-corrected chi connectivity index (χ2v) is 5.92. The van der Waals surface area contributed by atoms with E-state index < -0.39 is 0 Å². The second kappa shape index (κ2) is 6.68. The summed E-state index contributed by atoms with van der Waals surface area (Å²) in [6.07, 6.45) is 5.59. The van der Waals surface area contributed by atoms with Crippen LogP contribution < -0.4 is 5.73 Å². The fourth-order valence-electron chi connectivity index (χ4n) is 2.97. The molecule has 0 aromatic rings. The van der Waals surface area contributed by atoms with E-state index in [0.717, 1.165) is 39.0 Å². The van der Waals surface area contributed by atoms with Crippen molar-refractivity contribution in [3.63, 3.8) is 0 Å². The Bertz CT molecular complexity index is 295. The SMILES string of the molecule is CN1CCN(C(=O)COC2(CN)CCCCC2)CC1. The van der Waals surface area contributed by atoms with Gasteiger partial charge in [0.1, 0.15) is 6.61 Å². The van der Waals surface area contributed by atoms with E-state index in [2.05, 4.69) is 11.9 Å². The van der Waals surface area contributed by atoms with Crippen LogP contribution in [0.5, 0.6) is 0 Å². The van der Waals surface area contributed by atoms with Crippen molar-refractivity contribution in [2.75, 3.05) is 46.4 Å². The Kier molecular flexibility index (Phi) is 5.19. The largest absolute Gasteiger partial charge is 0.364 e. The molecule has 1 aliphatic carbocycles. The number of rotatable bonds is 4. The maximum Gasteiger partial charge on any atom is 0.248 e. The highest BCUT2D eigenvalue weighted by atomic mass is 16.5. The first kappa shape index (κ1) is 14.8. The van der Waals surface area contributed by atoms with Gasteiger partial charge in [0.2, 0.25) is 5.91 Å². The van der Waals surface area contributed by atoms with E-state index in [1.807, 2.05) is 4.90 Å². The lowest BCUT2D eigenvalue weighted by molar-refractivity contribution is -0.146. The van der Waals surface area contributed by atoms with Crippen molar-refractivity contribution in [3.05, 3.63) is 0 Å². The summed E-state index contributed by atoms with van der Waals surface area (Å²) in [7, 11) is 2.09. The van der Waals surface area contributed by atoms with Gasteiger partial charge in [-0.25, -0.2) is 0 Å². The number of carbonyl (C=O) groups excluding carboxylic acids is 1. The summed E-state index contributed by atoms with van der Waals surface area (Å²) in [5, 5.41) is 0. The van der Waals surface area contributed by atoms with Gasteiger partial charge < -0.3 is 20.3 Å². The van der Waals surface area contributed by atoms with Gasteiger partial charge in [0, 0.05) is 32.7 Å². The van der Waals surface area contributed by atoms with Crippen molar-refractivity contribution in [2.24, 2.45) is 5.73 Å². The zero-order valence-electron chi connectivity index (χ0n) is 12.1. The minimum atomic E-state index is -0.236. The maximum atomic E-state index is 12.1. The number of hydrogen-bond acceptors (Lipinski definition) is 4. The third-order valence-corrected chi connectivity index (χ3v) is 4.49. The molecule has 110 valence electrons. The molecule has 0 bridgehead atoms. The Balaban J connectivity index is 1.78. The fourth-order valence-corrected chi connectivity index (χ4v) is 2.97. The van der Waals surface area contributed by atoms with Gasteiger partial charge in [-0.1, -0.05) is 19.3 Å². The summed E-state index contributed by atoms with van der Waals surface area (Å²) in [6, 6.07) is 0. The zero-order valence-corrected chi connectivity index (χ0v) is 12.1. The summed E-state index contributed by atoms with van der Waals surface area (Å²) in [4.78, 5) is 16.3. The predicted molar refractivity (Wildman–Crippen MR) is 74.9 cm³/mol. The molecule has 0 radical (unpaired) electrons. The monoisotopic (exact) mass is 269 g/mol. The molecule has 19 heavy (non-hydrogen) atoms. The molecule has 1 aliphatic heterocycles. The number of hydrogen-bond donors (Lipinski definition) is 1. The van der Waals surface area contributed by atoms with Gasteiger partial charge in [0.05, 0.1) is 5.60 Å². The first-order chi connectivity index (χ1) is 9.15. The van der Waals surface area contributed by atoms with Crippen molar-refractivity contribution >= 4 is 5.91 Å². The molecule has 0 aromatic carbocycles. The Morgan fingerprint density at radius 1 is 1.16 bits per heavy atom. The first-order valence-electron chi connectivity index (χ1n) is 7.46. The van der Waals surface area contributed by atoms with Gasteiger partial charge in [0.25, 0.3) is 0 Å². The minimum absolute atomic E-state index is 0.117. The molecular weight excluding hydrogens is 242 g/mol. The molecule has 2 rings (SSSR count). The van der Waals surface area contributed by atoms with Crippen LogP contribution in [0.4, 0.5) is 0 Å². The normalized spacial score (nSPS) is 24.4. The highest BCUT2D eigenvalue weighted by Gasteiger charge is 2.32. The zero-order chi connectivity index (χ0) is 13.7. The molecule has 0 atom stereocenters. The minimum Gasteiger partial charge on any atom is -0.364 e. The van der Waals surface area contributed by atoms with Crippen LogP contribution in [0.15, 0.2) is 0 Å². The van der Waals surface area contributed by atoms with E-state index in [1.165, 1.54) is 19.3 Å². The van der Waals surface area contributed by atoms with Crippen molar-refractivity contribution in [1.82, 2.24) is 9.80 Å². The molecule has 0 unspecified atom stereocenters. The van der Waals surface area contributed by atoms with E-state index in [1.54, 1.807) is 0 Å². The molecule has 5 heteroatoms. The third kappa shape index (κ3) is 3.91. The number of piperazine rings is 1. The molecule has 2 N–H and O–H groups in total. The van der Waals surface area contributed by atoms with E-state index in [0.29, 0.717) is 6.54 Å². The summed E-state index contributed by atoms with van der Waals surface area (Å²) in [6.45, 7) is 4.26. The molecule has 0 aromatic heterocycles. The van der Waals surface area contributed by atoms with Crippen LogP contribution in [0.3, 0.4) is 0 Å². The van der Waals surface area contributed by atoms with Gasteiger partial charge in [-0.3, -0.25) is 4.79 Å². The van der Waals surface area contributed by atoms with Crippen LogP contribution in [-0.2, 0) is 9.53 Å². The fraction of sp³-hybridized carbons (Fsp3) is 0.929. The summed E-state index contributed by atoms with van der Waals surface area (Å²) in [5.41, 5.74) is 5.63. The molecule has 5 nitrogen and oxygen atoms in total. The lowest BCUT2D eigenvalue weighted by Gasteiger charge is -2.37. The van der Waals surface area contributed by atoms with Crippen molar-refractivity contribution in [1.29, 1.82) is 0 Å². The number of likely N-dealkylation sites (N-methyl/N-ethyl adjacent to an activating group) is 1. The van der Waals surface area contributed by atoms with Crippen molar-refractivity contribution in [2.45, 2.75) is 37.7 Å². The topological polar surface area (TPSA) is 58.8 Å². The highest BCUT2D eigenvalue weighted by molar-refractivity contribution is 5.77. The molecule has 2 aliphatic rings. The van der Waals surface area contributed by atoms with Crippen LogP contribution >= 0.6 is 0 Å². The molecule has 1 saturated heterocycles. The van der Waals surface area contributed by atoms with Crippen molar-refractivity contribution in [3.8, 4) is 0 Å². The maximum absolute atomic E-state index is 12.1. The molecular formula is C14H27N3O2. The van der Waals surface area contributed by atoms with E-state index in [4.69, 9.17) is 10.5 Å². The Hall–Kier alpha value is -0.650. The predicted octanol–water partition coefficient (Wildman–Crippen LogP) is 0.439. The average Bonchev–Trinajstić information content (AvgIpc) is 2.46. The number of ether oxygens (including phenoxy) is 1. The van der Waals surface area contributed by atoms with E-state index >= 15 is 0 Å². The lowest BCUT2D eigenvalue weighted by atomic mass is 9.85. The molecule has 2 fully saturated rings. The number of carbonyl (C=O) groups is 1. The lowest BCUT2D eigenvalue weighted by Crippen LogP contribution is -2.50. The Labute approximate surface area is 116 Å². The van der Waals surface area contributed by atoms with E-state index in [-0.39, 0.29) is 18.1 Å². The Morgan fingerprint density at radius 2 is 1.79 bits per heavy atom. The van der Waals surface area contributed by atoms with Gasteiger partial charge >= 0.3 is 0 Å². The highest BCUT2D eigenvalue weighted by Crippen LogP contribution is 2.30. The first-order valence-corrected chi connectivity index (χ1v) is 7.46. The third-order valence-electron chi connectivity index (χ3n) is 4.49.